The zero-order valence-electron chi connectivity index (χ0n) is 14.2. The number of aliphatic hydroxyl groups excluding tert-OH is 1. The van der Waals surface area contributed by atoms with Crippen LogP contribution in [-0.4, -0.2) is 66.2 Å². The Morgan fingerprint density at radius 2 is 1.83 bits per heavy atom. The number of ether oxygens (including phenoxy) is 1. The largest absolute Gasteiger partial charge is 0.494 e. The predicted molar refractivity (Wildman–Crippen MR) is 90.6 cm³/mol. The Labute approximate surface area is 138 Å². The first-order chi connectivity index (χ1) is 11.1. The average Bonchev–Trinajstić information content (AvgIpc) is 2.57. The Balaban J connectivity index is 1.78. The number of amides is 1. The number of hydrogen-bond donors (Lipinski definition) is 1. The van der Waals surface area contributed by atoms with Crippen molar-refractivity contribution in [2.75, 3.05) is 39.3 Å². The molecule has 128 valence electrons. The van der Waals surface area contributed by atoms with E-state index in [0.29, 0.717) is 19.6 Å². The predicted octanol–water partition coefficient (Wildman–Crippen LogP) is 1.54. The number of carbonyl (C=O) groups is 1. The summed E-state index contributed by atoms with van der Waals surface area (Å²) in [6, 6.07) is 7.74. The molecule has 1 aromatic carbocycles. The highest BCUT2D eigenvalue weighted by Gasteiger charge is 2.22. The molecule has 1 heterocycles. The SMILES string of the molecule is CCOc1ccc(CC(=O)N2CCN(CC(O)CC)CC2)cc1. The van der Waals surface area contributed by atoms with Crippen LogP contribution in [0.5, 0.6) is 5.75 Å². The number of rotatable bonds is 7. The summed E-state index contributed by atoms with van der Waals surface area (Å²) in [5.41, 5.74) is 1.02. The molecule has 1 aliphatic heterocycles. The summed E-state index contributed by atoms with van der Waals surface area (Å²) in [5.74, 6) is 1.01. The lowest BCUT2D eigenvalue weighted by atomic mass is 10.1. The van der Waals surface area contributed by atoms with Gasteiger partial charge in [0.2, 0.25) is 5.91 Å². The number of β-amino-alcohol motifs (C(OH)–C–C–N with tert-alkyl or cyclic N) is 1. The fraction of sp³-hybridized carbons (Fsp3) is 0.611. The van der Waals surface area contributed by atoms with Crippen LogP contribution in [0, 0.1) is 0 Å². The van der Waals surface area contributed by atoms with Crippen molar-refractivity contribution in [3.05, 3.63) is 29.8 Å². The lowest BCUT2D eigenvalue weighted by molar-refractivity contribution is -0.132. The van der Waals surface area contributed by atoms with Gasteiger partial charge in [0.1, 0.15) is 5.75 Å². The van der Waals surface area contributed by atoms with Crippen molar-refractivity contribution in [1.82, 2.24) is 9.80 Å². The van der Waals surface area contributed by atoms with Crippen LogP contribution in [0.3, 0.4) is 0 Å². The quantitative estimate of drug-likeness (QED) is 0.828. The van der Waals surface area contributed by atoms with Crippen LogP contribution in [0.2, 0.25) is 0 Å². The Kier molecular flexibility index (Phi) is 6.86. The van der Waals surface area contributed by atoms with E-state index in [0.717, 1.165) is 43.9 Å². The van der Waals surface area contributed by atoms with E-state index in [4.69, 9.17) is 4.74 Å². The lowest BCUT2D eigenvalue weighted by Gasteiger charge is -2.35. The molecule has 23 heavy (non-hydrogen) atoms. The van der Waals surface area contributed by atoms with Gasteiger partial charge in [-0.25, -0.2) is 0 Å². The smallest absolute Gasteiger partial charge is 0.227 e. The average molecular weight is 320 g/mol. The van der Waals surface area contributed by atoms with Crippen molar-refractivity contribution in [1.29, 1.82) is 0 Å². The van der Waals surface area contributed by atoms with Gasteiger partial charge < -0.3 is 14.7 Å². The minimum atomic E-state index is -0.263. The molecule has 0 bridgehead atoms. The van der Waals surface area contributed by atoms with E-state index in [1.165, 1.54) is 0 Å². The summed E-state index contributed by atoms with van der Waals surface area (Å²) in [6.45, 7) is 8.46. The Morgan fingerprint density at radius 3 is 2.39 bits per heavy atom. The summed E-state index contributed by atoms with van der Waals surface area (Å²) in [5, 5.41) is 9.71. The molecule has 1 fully saturated rings. The summed E-state index contributed by atoms with van der Waals surface area (Å²) >= 11 is 0. The number of carbonyl (C=O) groups excluding carboxylic acids is 1. The third kappa shape index (κ3) is 5.52. The van der Waals surface area contributed by atoms with Crippen molar-refractivity contribution in [2.24, 2.45) is 0 Å². The zero-order chi connectivity index (χ0) is 16.7. The second kappa shape index (κ2) is 8.89. The van der Waals surface area contributed by atoms with Crippen LogP contribution in [0.4, 0.5) is 0 Å². The van der Waals surface area contributed by atoms with Gasteiger partial charge in [-0.15, -0.1) is 0 Å². The van der Waals surface area contributed by atoms with Gasteiger partial charge in [0.05, 0.1) is 19.1 Å². The maximum atomic E-state index is 12.4. The zero-order valence-corrected chi connectivity index (χ0v) is 14.2. The molecule has 0 spiro atoms. The topological polar surface area (TPSA) is 53.0 Å². The van der Waals surface area contributed by atoms with Crippen molar-refractivity contribution in [2.45, 2.75) is 32.8 Å². The van der Waals surface area contributed by atoms with Crippen LogP contribution >= 0.6 is 0 Å². The Morgan fingerprint density at radius 1 is 1.17 bits per heavy atom. The van der Waals surface area contributed by atoms with Crippen LogP contribution < -0.4 is 4.74 Å². The van der Waals surface area contributed by atoms with Crippen LogP contribution in [0.15, 0.2) is 24.3 Å². The van der Waals surface area contributed by atoms with Crippen LogP contribution in [0.1, 0.15) is 25.8 Å². The number of hydrogen-bond acceptors (Lipinski definition) is 4. The summed E-state index contributed by atoms with van der Waals surface area (Å²) < 4.78 is 5.41. The summed E-state index contributed by atoms with van der Waals surface area (Å²) in [6.07, 6.45) is 0.946. The molecular formula is C18H28N2O3. The Bertz CT molecular complexity index is 482. The monoisotopic (exact) mass is 320 g/mol. The maximum absolute atomic E-state index is 12.4. The summed E-state index contributed by atoms with van der Waals surface area (Å²) in [4.78, 5) is 16.5. The van der Waals surface area contributed by atoms with E-state index >= 15 is 0 Å². The molecule has 1 unspecified atom stereocenters. The van der Waals surface area contributed by atoms with Gasteiger partial charge in [0.25, 0.3) is 0 Å². The molecule has 5 nitrogen and oxygen atoms in total. The van der Waals surface area contributed by atoms with Gasteiger partial charge in [-0.1, -0.05) is 19.1 Å². The third-order valence-corrected chi connectivity index (χ3v) is 4.25. The van der Waals surface area contributed by atoms with Gasteiger partial charge >= 0.3 is 0 Å². The second-order valence-electron chi connectivity index (χ2n) is 6.00. The van der Waals surface area contributed by atoms with Gasteiger partial charge in [-0.05, 0) is 31.0 Å². The molecule has 1 saturated heterocycles. The minimum absolute atomic E-state index is 0.171. The highest BCUT2D eigenvalue weighted by molar-refractivity contribution is 5.78. The van der Waals surface area contributed by atoms with Gasteiger partial charge in [0.15, 0.2) is 0 Å². The molecule has 1 aromatic rings. The normalized spacial score (nSPS) is 17.1. The van der Waals surface area contributed by atoms with E-state index in [2.05, 4.69) is 4.90 Å². The van der Waals surface area contributed by atoms with E-state index in [9.17, 15) is 9.90 Å². The minimum Gasteiger partial charge on any atom is -0.494 e. The van der Waals surface area contributed by atoms with Gasteiger partial charge in [-0.3, -0.25) is 9.69 Å². The molecule has 5 heteroatoms. The van der Waals surface area contributed by atoms with Crippen LogP contribution in [-0.2, 0) is 11.2 Å². The molecule has 0 aliphatic carbocycles. The lowest BCUT2D eigenvalue weighted by Crippen LogP contribution is -2.50. The molecular weight excluding hydrogens is 292 g/mol. The van der Waals surface area contributed by atoms with Gasteiger partial charge in [0, 0.05) is 32.7 Å². The molecule has 1 atom stereocenters. The molecule has 1 aliphatic rings. The molecule has 1 N–H and O–H groups in total. The highest BCUT2D eigenvalue weighted by Crippen LogP contribution is 2.14. The molecule has 2 rings (SSSR count). The standard InChI is InChI=1S/C18H28N2O3/c1-3-16(21)14-19-9-11-20(12-10-19)18(22)13-15-5-7-17(8-6-15)23-4-2/h5-8,16,21H,3-4,9-14H2,1-2H3. The van der Waals surface area contributed by atoms with E-state index in [1.807, 2.05) is 43.0 Å². The van der Waals surface area contributed by atoms with Crippen molar-refractivity contribution < 1.29 is 14.6 Å². The molecule has 0 aromatic heterocycles. The Hall–Kier alpha value is -1.59. The second-order valence-corrected chi connectivity index (χ2v) is 6.00. The van der Waals surface area contributed by atoms with E-state index in [-0.39, 0.29) is 12.0 Å². The van der Waals surface area contributed by atoms with Crippen molar-refractivity contribution in [3.8, 4) is 5.75 Å². The number of piperazine rings is 1. The van der Waals surface area contributed by atoms with E-state index < -0.39 is 0 Å². The maximum Gasteiger partial charge on any atom is 0.227 e. The molecule has 0 radical (unpaired) electrons. The molecule has 0 saturated carbocycles. The van der Waals surface area contributed by atoms with E-state index in [1.54, 1.807) is 0 Å². The van der Waals surface area contributed by atoms with Gasteiger partial charge in [-0.2, -0.15) is 0 Å². The fourth-order valence-electron chi connectivity index (χ4n) is 2.76. The molecule has 1 amide bonds. The summed E-state index contributed by atoms with van der Waals surface area (Å²) in [7, 11) is 0. The number of nitrogens with zero attached hydrogens (tertiary/aromatic N) is 2. The number of aliphatic hydroxyl groups is 1. The highest BCUT2D eigenvalue weighted by atomic mass is 16.5. The third-order valence-electron chi connectivity index (χ3n) is 4.25. The first-order valence-electron chi connectivity index (χ1n) is 8.52. The van der Waals surface area contributed by atoms with Crippen LogP contribution in [0.25, 0.3) is 0 Å². The fourth-order valence-corrected chi connectivity index (χ4v) is 2.76. The number of benzene rings is 1. The van der Waals surface area contributed by atoms with Crippen molar-refractivity contribution in [3.63, 3.8) is 0 Å². The van der Waals surface area contributed by atoms with Crippen molar-refractivity contribution >= 4 is 5.91 Å². The first-order valence-corrected chi connectivity index (χ1v) is 8.52. The first kappa shape index (κ1) is 17.8.